The molecule has 0 N–H and O–H groups in total. The van der Waals surface area contributed by atoms with Crippen molar-refractivity contribution in [3.8, 4) is 12.3 Å². The topological polar surface area (TPSA) is 3.24 Å². The van der Waals surface area contributed by atoms with E-state index in [-0.39, 0.29) is 16.9 Å². The molecule has 1 atom stereocenters. The quantitative estimate of drug-likeness (QED) is 0.117. The Bertz CT molecular complexity index is 7340. The molecule has 29 aromatic carbocycles. The molecule has 1 unspecified atom stereocenters. The van der Waals surface area contributed by atoms with Crippen molar-refractivity contribution in [3.63, 3.8) is 0 Å². The van der Waals surface area contributed by atoms with Gasteiger partial charge in [-0.15, -0.1) is 6.42 Å². The summed E-state index contributed by atoms with van der Waals surface area (Å²) in [6, 6.07) is 9.62. The standard InChI is InChI=1S/C71H11N/c1-3-9-4-6-10(7-5-9)69-71-67-61-55-45-33-25-17-13-11-12-15-19(17)27(33)37-31-23(15)24-16(12)20-18-14(11)22-21(13)29-35(25)43-49-39(29)40-30(22)36-26(18)34-28(20)38-32(24)42-41(31)53(47(37)55)63(67)64-54(42)48(38)56-46(34)52-44(36)50(40)58-57(49)65(59(61)51(43)45)70(71,8-72(69)2)66(58)60(52)62(56)68(64)71/h1,4-7,69H,8H2,2H3. The van der Waals surface area contributed by atoms with E-state index in [2.05, 4.69) is 42.1 Å². The average molecular weight is 878 g/mol. The van der Waals surface area contributed by atoms with Crippen molar-refractivity contribution >= 4 is 291 Å². The molecular formula is C71H11N. The van der Waals surface area contributed by atoms with Crippen LogP contribution >= 0.6 is 0 Å². The molecule has 0 amide bonds. The lowest BCUT2D eigenvalue weighted by Gasteiger charge is -2.52. The fraction of sp³-hybridized carbons (Fsp3) is 0.0704. The molecule has 1 fully saturated rings. The van der Waals surface area contributed by atoms with Crippen molar-refractivity contribution in [2.75, 3.05) is 13.6 Å². The number of terminal acetylenes is 1. The lowest BCUT2D eigenvalue weighted by Crippen LogP contribution is -2.51. The van der Waals surface area contributed by atoms with Crippen LogP contribution in [0.1, 0.15) is 39.4 Å². The first-order valence-electron chi connectivity index (χ1n) is 26.8. The summed E-state index contributed by atoms with van der Waals surface area (Å²) < 4.78 is 0. The van der Waals surface area contributed by atoms with E-state index in [1.807, 2.05) is 0 Å². The van der Waals surface area contributed by atoms with Gasteiger partial charge in [0.1, 0.15) is 0 Å². The zero-order chi connectivity index (χ0) is 43.0. The Kier molecular flexibility index (Phi) is 2.29. The van der Waals surface area contributed by atoms with Crippen molar-refractivity contribution < 1.29 is 0 Å². The molecule has 0 aromatic heterocycles. The van der Waals surface area contributed by atoms with Gasteiger partial charge >= 0.3 is 0 Å². The second kappa shape index (κ2) is 6.11. The smallest absolute Gasteiger partial charge is 0.0575 e. The molecule has 300 valence electrons. The second-order valence-electron chi connectivity index (χ2n) is 26.5. The van der Waals surface area contributed by atoms with Gasteiger partial charge in [0.2, 0.25) is 0 Å². The molecule has 29 aromatic rings. The maximum atomic E-state index is 6.22. The number of likely N-dealkylation sites (N-methyl/N-ethyl adjacent to an activating group) is 1. The van der Waals surface area contributed by atoms with Gasteiger partial charge in [-0.1, -0.05) is 18.1 Å². The van der Waals surface area contributed by atoms with Gasteiger partial charge in [-0.25, -0.2) is 0 Å². The monoisotopic (exact) mass is 877 g/mol. The summed E-state index contributed by atoms with van der Waals surface area (Å²) in [6.07, 6.45) is 6.22. The highest BCUT2D eigenvalue weighted by atomic mass is 15.2. The lowest BCUT2D eigenvalue weighted by molar-refractivity contribution is 0.271. The third kappa shape index (κ3) is 1.42. The van der Waals surface area contributed by atoms with Gasteiger partial charge in [0, 0.05) is 18.2 Å². The van der Waals surface area contributed by atoms with Crippen LogP contribution in [0.4, 0.5) is 0 Å². The fourth-order valence-electron chi connectivity index (χ4n) is 26.3. The summed E-state index contributed by atoms with van der Waals surface area (Å²) in [5.74, 6) is 3.03. The number of nitrogens with zero attached hydrogens (tertiary/aromatic N) is 1. The Balaban J connectivity index is 1.15. The largest absolute Gasteiger partial charge is 0.297 e. The molecular weight excluding hydrogens is 867 g/mol. The molecule has 2 spiro atoms. The number of likely N-dealkylation sites (tertiary alicyclic amines) is 1. The summed E-state index contributed by atoms with van der Waals surface area (Å²) >= 11 is 0. The second-order valence-corrected chi connectivity index (χ2v) is 26.5. The molecule has 72 heavy (non-hydrogen) atoms. The lowest BCUT2D eigenvalue weighted by atomic mass is 9.47. The van der Waals surface area contributed by atoms with E-state index in [0.29, 0.717) is 0 Å². The highest BCUT2D eigenvalue weighted by molar-refractivity contribution is 6.82. The van der Waals surface area contributed by atoms with E-state index in [1.165, 1.54) is 5.56 Å². The van der Waals surface area contributed by atoms with Crippen molar-refractivity contribution in [3.05, 3.63) is 57.6 Å². The van der Waals surface area contributed by atoms with E-state index in [9.17, 15) is 0 Å². The minimum absolute atomic E-state index is 0.125. The Morgan fingerprint density at radius 2 is 0.500 bits per heavy atom. The molecule has 1 heterocycles. The van der Waals surface area contributed by atoms with Gasteiger partial charge < -0.3 is 0 Å². The Hall–Kier alpha value is -8.80. The van der Waals surface area contributed by atoms with Gasteiger partial charge in [-0.3, -0.25) is 4.90 Å². The van der Waals surface area contributed by atoms with Crippen molar-refractivity contribution in [2.24, 2.45) is 0 Å². The van der Waals surface area contributed by atoms with Gasteiger partial charge in [-0.2, -0.15) is 0 Å². The molecule has 0 bridgehead atoms. The molecule has 0 radical (unpaired) electrons. The van der Waals surface area contributed by atoms with Gasteiger partial charge in [0.25, 0.3) is 0 Å². The number of rotatable bonds is 1. The third-order valence-electron chi connectivity index (χ3n) is 26.3. The van der Waals surface area contributed by atoms with E-state index < -0.39 is 0 Å². The molecule has 34 rings (SSSR count). The van der Waals surface area contributed by atoms with Gasteiger partial charge in [0.15, 0.2) is 0 Å². The third-order valence-corrected chi connectivity index (χ3v) is 26.3. The van der Waals surface area contributed by atoms with Crippen molar-refractivity contribution in [1.82, 2.24) is 4.90 Å². The van der Waals surface area contributed by atoms with Crippen LogP contribution < -0.4 is 0 Å². The molecule has 1 aliphatic heterocycles. The first-order valence-corrected chi connectivity index (χ1v) is 26.8. The summed E-state index contributed by atoms with van der Waals surface area (Å²) in [6.45, 7) is 1.02. The van der Waals surface area contributed by atoms with Crippen LogP contribution in [0.15, 0.2) is 24.3 Å². The molecule has 4 aliphatic carbocycles. The number of benzene rings is 19. The van der Waals surface area contributed by atoms with Crippen LogP contribution in [0.5, 0.6) is 0 Å². The first kappa shape index (κ1) is 27.0. The summed E-state index contributed by atoms with van der Waals surface area (Å²) in [7, 11) is 2.55. The average Bonchev–Trinajstić information content (AvgIpc) is 4.31. The fourth-order valence-corrected chi connectivity index (χ4v) is 26.3. The number of hydrogen-bond donors (Lipinski definition) is 0. The molecule has 1 saturated heterocycles. The van der Waals surface area contributed by atoms with E-state index in [0.717, 1.165) is 12.1 Å². The molecule has 1 nitrogen and oxygen atoms in total. The summed E-state index contributed by atoms with van der Waals surface area (Å²) in [5, 5.41) is 89.7. The SMILES string of the molecule is C#Cc1ccc(C2N(C)CC34c5c6c7c8c9c%10c(c%11c%12c3c3c5c5c%13c6c6c7c7c9c9c%14c%10c%10c%11c%11c%12c%12c3c3c5c5c%13c%13c6c6c7c9c7c9c%14c%10c%10c%11c%11c%12c3c3c5c5c%13c6c7c6c9c%10c%11c3c56)C824)cc1. The van der Waals surface area contributed by atoms with E-state index in [4.69, 9.17) is 6.42 Å². The van der Waals surface area contributed by atoms with Crippen LogP contribution in [0, 0.1) is 12.3 Å². The van der Waals surface area contributed by atoms with Crippen molar-refractivity contribution in [1.29, 1.82) is 0 Å². The zero-order valence-corrected chi connectivity index (χ0v) is 37.1. The normalized spacial score (nSPS) is 23.5. The highest BCUT2D eigenvalue weighted by Gasteiger charge is 2.75. The first-order chi connectivity index (χ1) is 35.8. The zero-order valence-electron chi connectivity index (χ0n) is 37.1. The Labute approximate surface area is 394 Å². The van der Waals surface area contributed by atoms with Gasteiger partial charge in [0.05, 0.1) is 10.8 Å². The van der Waals surface area contributed by atoms with Gasteiger partial charge in [-0.05, 0) is 338 Å². The summed E-state index contributed by atoms with van der Waals surface area (Å²) in [5.41, 5.74) is 8.80. The van der Waals surface area contributed by atoms with E-state index in [1.54, 1.807) is 313 Å². The van der Waals surface area contributed by atoms with Crippen LogP contribution in [0.2, 0.25) is 0 Å². The minimum Gasteiger partial charge on any atom is -0.297 e. The Morgan fingerprint density at radius 3 is 0.708 bits per heavy atom. The summed E-state index contributed by atoms with van der Waals surface area (Å²) in [4.78, 5) is 2.91. The maximum absolute atomic E-state index is 6.22. The molecule has 0 saturated carbocycles. The molecule has 5 aliphatic rings. The van der Waals surface area contributed by atoms with Crippen LogP contribution in [0.25, 0.3) is 291 Å². The van der Waals surface area contributed by atoms with Crippen LogP contribution in [0.3, 0.4) is 0 Å². The molecule has 1 heteroatoms. The van der Waals surface area contributed by atoms with E-state index >= 15 is 0 Å². The van der Waals surface area contributed by atoms with Crippen LogP contribution in [-0.2, 0) is 10.8 Å². The highest BCUT2D eigenvalue weighted by Crippen LogP contribution is 2.87. The maximum Gasteiger partial charge on any atom is 0.0575 e. The predicted molar refractivity (Wildman–Crippen MR) is 304 cm³/mol. The number of hydrogen-bond acceptors (Lipinski definition) is 1. The predicted octanol–water partition coefficient (Wildman–Crippen LogP) is 18.0. The minimum atomic E-state index is -0.342. The van der Waals surface area contributed by atoms with Crippen molar-refractivity contribution in [2.45, 2.75) is 16.9 Å². The Morgan fingerprint density at radius 1 is 0.306 bits per heavy atom. The van der Waals surface area contributed by atoms with Crippen LogP contribution in [-0.4, -0.2) is 18.5 Å².